The lowest BCUT2D eigenvalue weighted by Gasteiger charge is -2.14. The molecule has 1 aromatic heterocycles. The van der Waals surface area contributed by atoms with Gasteiger partial charge in [-0.15, -0.1) is 0 Å². The quantitative estimate of drug-likeness (QED) is 0.530. The van der Waals surface area contributed by atoms with Gasteiger partial charge < -0.3 is 19.9 Å². The molecule has 6 heteroatoms. The molecule has 0 spiro atoms. The van der Waals surface area contributed by atoms with Crippen LogP contribution in [0.5, 0.6) is 11.5 Å². The van der Waals surface area contributed by atoms with Crippen LogP contribution in [0.4, 0.5) is 0 Å². The SMILES string of the molecule is COc1cc(CNC[C@H](O)c2ccccc2)ccc1OCc1ccc(Cl)nc1. The molecule has 2 aromatic carbocycles. The molecule has 5 nitrogen and oxygen atoms in total. The van der Waals surface area contributed by atoms with Crippen molar-refractivity contribution < 1.29 is 14.6 Å². The van der Waals surface area contributed by atoms with Gasteiger partial charge in [-0.05, 0) is 29.3 Å². The highest BCUT2D eigenvalue weighted by atomic mass is 35.5. The molecule has 0 aliphatic heterocycles. The molecule has 1 heterocycles. The summed E-state index contributed by atoms with van der Waals surface area (Å²) in [4.78, 5) is 4.04. The molecule has 0 amide bonds. The van der Waals surface area contributed by atoms with Gasteiger partial charge in [-0.1, -0.05) is 54.1 Å². The summed E-state index contributed by atoms with van der Waals surface area (Å²) in [5, 5.41) is 13.9. The zero-order chi connectivity index (χ0) is 19.8. The number of aliphatic hydroxyl groups is 1. The van der Waals surface area contributed by atoms with E-state index in [1.165, 1.54) is 0 Å². The number of aromatic nitrogens is 1. The van der Waals surface area contributed by atoms with Crippen LogP contribution in [-0.4, -0.2) is 23.7 Å². The van der Waals surface area contributed by atoms with Gasteiger partial charge in [0, 0.05) is 24.8 Å². The number of hydrogen-bond donors (Lipinski definition) is 2. The van der Waals surface area contributed by atoms with Gasteiger partial charge in [-0.25, -0.2) is 4.98 Å². The second-order valence-electron chi connectivity index (χ2n) is 6.32. The topological polar surface area (TPSA) is 63.6 Å². The Bertz CT molecular complexity index is 873. The first kappa shape index (κ1) is 20.1. The largest absolute Gasteiger partial charge is 0.493 e. The van der Waals surface area contributed by atoms with Crippen molar-refractivity contribution in [1.29, 1.82) is 0 Å². The lowest BCUT2D eigenvalue weighted by Crippen LogP contribution is -2.21. The Morgan fingerprint density at radius 2 is 1.82 bits per heavy atom. The average Bonchev–Trinajstić information content (AvgIpc) is 2.74. The standard InChI is InChI=1S/C22H23ClN2O3/c1-27-21-11-16(12-24-14-19(26)18-5-3-2-4-6-18)7-9-20(21)28-15-17-8-10-22(23)25-13-17/h2-11,13,19,24,26H,12,14-15H2,1H3/t19-/m0/s1. The molecule has 146 valence electrons. The van der Waals surface area contributed by atoms with E-state index < -0.39 is 6.10 Å². The highest BCUT2D eigenvalue weighted by Crippen LogP contribution is 2.29. The minimum absolute atomic E-state index is 0.376. The smallest absolute Gasteiger partial charge is 0.161 e. The summed E-state index contributed by atoms with van der Waals surface area (Å²) in [6.07, 6.45) is 1.14. The van der Waals surface area contributed by atoms with Gasteiger partial charge in [0.15, 0.2) is 11.5 Å². The Morgan fingerprint density at radius 3 is 2.54 bits per heavy atom. The predicted molar refractivity (Wildman–Crippen MR) is 110 cm³/mol. The number of pyridine rings is 1. The molecular formula is C22H23ClN2O3. The molecule has 1 atom stereocenters. The molecule has 28 heavy (non-hydrogen) atoms. The Morgan fingerprint density at radius 1 is 1.04 bits per heavy atom. The highest BCUT2D eigenvalue weighted by Gasteiger charge is 2.09. The van der Waals surface area contributed by atoms with Gasteiger partial charge in [0.25, 0.3) is 0 Å². The number of benzene rings is 2. The number of methoxy groups -OCH3 is 1. The van der Waals surface area contributed by atoms with Gasteiger partial charge in [0.2, 0.25) is 0 Å². The Balaban J connectivity index is 1.54. The maximum Gasteiger partial charge on any atom is 0.161 e. The Labute approximate surface area is 169 Å². The summed E-state index contributed by atoms with van der Waals surface area (Å²) >= 11 is 5.80. The molecule has 0 unspecified atom stereocenters. The minimum atomic E-state index is -0.543. The molecule has 0 fully saturated rings. The summed E-state index contributed by atoms with van der Waals surface area (Å²) in [6, 6.07) is 19.0. The Hall–Kier alpha value is -2.60. The molecule has 0 aliphatic carbocycles. The second-order valence-corrected chi connectivity index (χ2v) is 6.71. The van der Waals surface area contributed by atoms with Crippen molar-refractivity contribution in [2.24, 2.45) is 0 Å². The van der Waals surface area contributed by atoms with E-state index in [9.17, 15) is 5.11 Å². The fourth-order valence-corrected chi connectivity index (χ4v) is 2.85. The van der Waals surface area contributed by atoms with Crippen LogP contribution in [0.2, 0.25) is 5.15 Å². The summed E-state index contributed by atoms with van der Waals surface area (Å²) in [7, 11) is 1.61. The normalized spacial score (nSPS) is 11.8. The van der Waals surface area contributed by atoms with E-state index in [1.54, 1.807) is 19.4 Å². The third kappa shape index (κ3) is 5.70. The van der Waals surface area contributed by atoms with Gasteiger partial charge in [-0.3, -0.25) is 0 Å². The first-order valence-corrected chi connectivity index (χ1v) is 9.37. The number of aliphatic hydroxyl groups excluding tert-OH is 1. The minimum Gasteiger partial charge on any atom is -0.493 e. The van der Waals surface area contributed by atoms with Crippen LogP contribution in [0.25, 0.3) is 0 Å². The van der Waals surface area contributed by atoms with E-state index >= 15 is 0 Å². The van der Waals surface area contributed by atoms with Crippen molar-refractivity contribution in [3.63, 3.8) is 0 Å². The van der Waals surface area contributed by atoms with Crippen LogP contribution < -0.4 is 14.8 Å². The van der Waals surface area contributed by atoms with Crippen molar-refractivity contribution in [3.05, 3.63) is 88.7 Å². The highest BCUT2D eigenvalue weighted by molar-refractivity contribution is 6.29. The van der Waals surface area contributed by atoms with Crippen LogP contribution in [0, 0.1) is 0 Å². The zero-order valence-electron chi connectivity index (χ0n) is 15.6. The van der Waals surface area contributed by atoms with E-state index in [0.29, 0.717) is 36.3 Å². The molecule has 2 N–H and O–H groups in total. The van der Waals surface area contributed by atoms with E-state index in [2.05, 4.69) is 10.3 Å². The van der Waals surface area contributed by atoms with Crippen molar-refractivity contribution in [1.82, 2.24) is 10.3 Å². The maximum atomic E-state index is 10.2. The van der Waals surface area contributed by atoms with Crippen LogP contribution in [0.15, 0.2) is 66.9 Å². The third-order valence-electron chi connectivity index (χ3n) is 4.26. The van der Waals surface area contributed by atoms with E-state index in [-0.39, 0.29) is 0 Å². The summed E-state index contributed by atoms with van der Waals surface area (Å²) in [6.45, 7) is 1.46. The van der Waals surface area contributed by atoms with Crippen molar-refractivity contribution in [2.75, 3.05) is 13.7 Å². The fraction of sp³-hybridized carbons (Fsp3) is 0.227. The van der Waals surface area contributed by atoms with Gasteiger partial charge in [0.05, 0.1) is 13.2 Å². The molecule has 0 aliphatic rings. The third-order valence-corrected chi connectivity index (χ3v) is 4.49. The molecule has 0 saturated heterocycles. The van der Waals surface area contributed by atoms with E-state index in [0.717, 1.165) is 16.7 Å². The first-order valence-electron chi connectivity index (χ1n) is 8.99. The average molecular weight is 399 g/mol. The maximum absolute atomic E-state index is 10.2. The van der Waals surface area contributed by atoms with Gasteiger partial charge in [0.1, 0.15) is 11.8 Å². The van der Waals surface area contributed by atoms with Crippen LogP contribution in [0.1, 0.15) is 22.8 Å². The predicted octanol–water partition coefficient (Wildman–Crippen LogP) is 4.15. The van der Waals surface area contributed by atoms with Crippen molar-refractivity contribution in [3.8, 4) is 11.5 Å². The number of nitrogens with zero attached hydrogens (tertiary/aromatic N) is 1. The monoisotopic (exact) mass is 398 g/mol. The second kappa shape index (κ2) is 10.1. The summed E-state index contributed by atoms with van der Waals surface area (Å²) < 4.78 is 11.3. The summed E-state index contributed by atoms with van der Waals surface area (Å²) in [5.74, 6) is 1.32. The number of halogens is 1. The first-order chi connectivity index (χ1) is 13.7. The molecule has 3 aromatic rings. The number of rotatable bonds is 9. The molecular weight excluding hydrogens is 376 g/mol. The molecule has 0 radical (unpaired) electrons. The fourth-order valence-electron chi connectivity index (χ4n) is 2.74. The molecule has 0 saturated carbocycles. The molecule has 0 bridgehead atoms. The van der Waals surface area contributed by atoms with Crippen molar-refractivity contribution in [2.45, 2.75) is 19.3 Å². The number of ether oxygens (including phenoxy) is 2. The summed E-state index contributed by atoms with van der Waals surface area (Å²) in [5.41, 5.74) is 2.86. The zero-order valence-corrected chi connectivity index (χ0v) is 16.4. The van der Waals surface area contributed by atoms with Crippen LogP contribution >= 0.6 is 11.6 Å². The van der Waals surface area contributed by atoms with E-state index in [4.69, 9.17) is 21.1 Å². The van der Waals surface area contributed by atoms with E-state index in [1.807, 2.05) is 54.6 Å². The molecule has 3 rings (SSSR count). The lowest BCUT2D eigenvalue weighted by molar-refractivity contribution is 0.174. The number of hydrogen-bond acceptors (Lipinski definition) is 5. The number of nitrogens with one attached hydrogen (secondary N) is 1. The van der Waals surface area contributed by atoms with Crippen LogP contribution in [0.3, 0.4) is 0 Å². The van der Waals surface area contributed by atoms with Crippen molar-refractivity contribution >= 4 is 11.6 Å². The Kier molecular flexibility index (Phi) is 7.25. The lowest BCUT2D eigenvalue weighted by atomic mass is 10.1. The van der Waals surface area contributed by atoms with Gasteiger partial charge in [-0.2, -0.15) is 0 Å². The van der Waals surface area contributed by atoms with Crippen LogP contribution in [-0.2, 0) is 13.2 Å². The van der Waals surface area contributed by atoms with Gasteiger partial charge >= 0.3 is 0 Å².